The Morgan fingerprint density at radius 2 is 2.08 bits per heavy atom. The fraction of sp³-hybridized carbons (Fsp3) is 0.538. The molecule has 0 spiro atoms. The molecule has 136 valence electrons. The third-order valence-electron chi connectivity index (χ3n) is 3.90. The predicted octanol–water partition coefficient (Wildman–Crippen LogP) is 1.06. The van der Waals surface area contributed by atoms with E-state index in [9.17, 15) is 23.1 Å². The second-order valence-corrected chi connectivity index (χ2v) is 5.97. The van der Waals surface area contributed by atoms with Gasteiger partial charge in [-0.05, 0) is 6.08 Å². The summed E-state index contributed by atoms with van der Waals surface area (Å²) in [4.78, 5) is 20.5. The molecular formula is C13H13ClF3N5O3. The van der Waals surface area contributed by atoms with Crippen LogP contribution in [0.25, 0.3) is 5.70 Å². The predicted molar refractivity (Wildman–Crippen MR) is 79.9 cm³/mol. The van der Waals surface area contributed by atoms with Crippen LogP contribution in [0, 0.1) is 5.92 Å². The summed E-state index contributed by atoms with van der Waals surface area (Å²) < 4.78 is 46.1. The van der Waals surface area contributed by atoms with Gasteiger partial charge in [0.05, 0.1) is 18.9 Å². The molecule has 2 aliphatic heterocycles. The largest absolute Gasteiger partial charge is 0.481 e. The highest BCUT2D eigenvalue weighted by atomic mass is 35.5. The lowest BCUT2D eigenvalue weighted by molar-refractivity contribution is -0.144. The van der Waals surface area contributed by atoms with Gasteiger partial charge in [-0.15, -0.1) is 0 Å². The van der Waals surface area contributed by atoms with Crippen LogP contribution in [0.3, 0.4) is 0 Å². The van der Waals surface area contributed by atoms with Crippen molar-refractivity contribution in [3.05, 3.63) is 18.7 Å². The minimum Gasteiger partial charge on any atom is -0.481 e. The molecule has 0 aliphatic carbocycles. The van der Waals surface area contributed by atoms with Crippen LogP contribution in [0.15, 0.2) is 23.7 Å². The second kappa shape index (κ2) is 6.39. The van der Waals surface area contributed by atoms with E-state index in [-0.39, 0.29) is 32.0 Å². The standard InChI is InChI=1S/C13H13ClF3N5O3/c14-12(21-1-3-25-4-2-21)10(11(23)24)8(22-7-18-6-19-22)5-9(20-12)13(15,16)17/h5-7,10H,1-4H2,(H,23,24). The van der Waals surface area contributed by atoms with Gasteiger partial charge in [0.2, 0.25) is 5.12 Å². The van der Waals surface area contributed by atoms with Gasteiger partial charge in [0, 0.05) is 13.1 Å². The summed E-state index contributed by atoms with van der Waals surface area (Å²) in [6, 6.07) is 0. The van der Waals surface area contributed by atoms with Crippen LogP contribution in [-0.4, -0.2) is 74.1 Å². The number of hydrogen-bond acceptors (Lipinski definition) is 6. The molecule has 0 saturated carbocycles. The number of rotatable bonds is 3. The molecule has 2 atom stereocenters. The van der Waals surface area contributed by atoms with Crippen LogP contribution in [0.2, 0.25) is 0 Å². The number of allylic oxidation sites excluding steroid dienone is 1. The van der Waals surface area contributed by atoms with Crippen molar-refractivity contribution in [2.45, 2.75) is 11.3 Å². The first-order valence-electron chi connectivity index (χ1n) is 7.21. The summed E-state index contributed by atoms with van der Waals surface area (Å²) in [6.07, 6.45) is -1.97. The van der Waals surface area contributed by atoms with Gasteiger partial charge in [-0.25, -0.2) is 14.7 Å². The van der Waals surface area contributed by atoms with Crippen LogP contribution >= 0.6 is 11.6 Å². The van der Waals surface area contributed by atoms with Crippen molar-refractivity contribution in [3.63, 3.8) is 0 Å². The zero-order chi connectivity index (χ0) is 18.2. The van der Waals surface area contributed by atoms with Crippen LogP contribution in [0.1, 0.15) is 0 Å². The van der Waals surface area contributed by atoms with Crippen LogP contribution in [0.5, 0.6) is 0 Å². The molecule has 0 radical (unpaired) electrons. The Bertz CT molecular complexity index is 715. The Hall–Kier alpha value is -1.98. The number of nitrogens with zero attached hydrogens (tertiary/aromatic N) is 5. The van der Waals surface area contributed by atoms with Crippen molar-refractivity contribution in [2.24, 2.45) is 10.9 Å². The van der Waals surface area contributed by atoms with Crippen molar-refractivity contribution in [1.82, 2.24) is 19.7 Å². The van der Waals surface area contributed by atoms with E-state index in [0.717, 1.165) is 17.3 Å². The van der Waals surface area contributed by atoms with E-state index in [4.69, 9.17) is 16.3 Å². The number of halogens is 4. The van der Waals surface area contributed by atoms with Crippen LogP contribution in [-0.2, 0) is 9.53 Å². The Kier molecular flexibility index (Phi) is 4.56. The maximum absolute atomic E-state index is 13.3. The van der Waals surface area contributed by atoms with Gasteiger partial charge in [0.15, 0.2) is 5.92 Å². The normalized spacial score (nSPS) is 28.4. The van der Waals surface area contributed by atoms with E-state index in [1.54, 1.807) is 0 Å². The van der Waals surface area contributed by atoms with Gasteiger partial charge >= 0.3 is 12.1 Å². The number of carbonyl (C=O) groups is 1. The average molecular weight is 380 g/mol. The van der Waals surface area contributed by atoms with Crippen LogP contribution in [0.4, 0.5) is 13.2 Å². The highest BCUT2D eigenvalue weighted by Crippen LogP contribution is 2.43. The van der Waals surface area contributed by atoms with E-state index in [2.05, 4.69) is 15.1 Å². The molecule has 1 N–H and O–H groups in total. The molecule has 2 aliphatic rings. The van der Waals surface area contributed by atoms with Gasteiger partial charge in [-0.3, -0.25) is 9.69 Å². The Morgan fingerprint density at radius 3 is 2.60 bits per heavy atom. The Labute approximate surface area is 144 Å². The number of aliphatic imine (C=N–C) groups is 1. The highest BCUT2D eigenvalue weighted by molar-refractivity contribution is 6.28. The summed E-state index contributed by atoms with van der Waals surface area (Å²) in [6.45, 7) is 0.708. The van der Waals surface area contributed by atoms with Gasteiger partial charge in [0.25, 0.3) is 0 Å². The molecule has 0 bridgehead atoms. The van der Waals surface area contributed by atoms with E-state index in [1.807, 2.05) is 0 Å². The number of alkyl halides is 4. The summed E-state index contributed by atoms with van der Waals surface area (Å²) >= 11 is 6.43. The summed E-state index contributed by atoms with van der Waals surface area (Å²) in [5, 5.41) is 11.3. The number of aliphatic carboxylic acids is 1. The lowest BCUT2D eigenvalue weighted by atomic mass is 9.95. The van der Waals surface area contributed by atoms with E-state index < -0.39 is 28.9 Å². The van der Waals surface area contributed by atoms with Gasteiger partial charge in [-0.1, -0.05) is 11.6 Å². The van der Waals surface area contributed by atoms with Crippen molar-refractivity contribution in [2.75, 3.05) is 26.3 Å². The van der Waals surface area contributed by atoms with Crippen molar-refractivity contribution in [3.8, 4) is 0 Å². The first-order valence-corrected chi connectivity index (χ1v) is 7.59. The number of carboxylic acid groups (broad SMARTS) is 1. The molecular weight excluding hydrogens is 367 g/mol. The fourth-order valence-electron chi connectivity index (χ4n) is 2.78. The van der Waals surface area contributed by atoms with Crippen molar-refractivity contribution >= 4 is 29.0 Å². The number of aromatic nitrogens is 3. The van der Waals surface area contributed by atoms with E-state index >= 15 is 0 Å². The zero-order valence-electron chi connectivity index (χ0n) is 12.6. The molecule has 0 amide bonds. The number of carboxylic acids is 1. The van der Waals surface area contributed by atoms with Gasteiger partial charge in [-0.2, -0.15) is 18.3 Å². The zero-order valence-corrected chi connectivity index (χ0v) is 13.4. The van der Waals surface area contributed by atoms with E-state index in [1.165, 1.54) is 4.90 Å². The third kappa shape index (κ3) is 3.26. The lowest BCUT2D eigenvalue weighted by Gasteiger charge is -2.43. The minimum absolute atomic E-state index is 0.145. The monoisotopic (exact) mass is 379 g/mol. The van der Waals surface area contributed by atoms with Crippen molar-refractivity contribution in [1.29, 1.82) is 0 Å². The molecule has 12 heteroatoms. The minimum atomic E-state index is -4.80. The topological polar surface area (TPSA) is 92.8 Å². The smallest absolute Gasteiger partial charge is 0.433 e. The molecule has 1 fully saturated rings. The molecule has 25 heavy (non-hydrogen) atoms. The Balaban J connectivity index is 2.15. The maximum Gasteiger partial charge on any atom is 0.433 e. The molecule has 0 aromatic carbocycles. The molecule has 3 rings (SSSR count). The first kappa shape index (κ1) is 17.8. The quantitative estimate of drug-likeness (QED) is 0.623. The summed E-state index contributed by atoms with van der Waals surface area (Å²) in [7, 11) is 0. The number of dihydropyridines is 1. The number of ether oxygens (including phenoxy) is 1. The lowest BCUT2D eigenvalue weighted by Crippen LogP contribution is -2.57. The molecule has 2 unspecified atom stereocenters. The molecule has 1 saturated heterocycles. The summed E-state index contributed by atoms with van der Waals surface area (Å²) in [5.74, 6) is -3.01. The van der Waals surface area contributed by atoms with Crippen molar-refractivity contribution < 1.29 is 27.8 Å². The van der Waals surface area contributed by atoms with Crippen LogP contribution < -0.4 is 0 Å². The first-order chi connectivity index (χ1) is 11.7. The number of hydrogen-bond donors (Lipinski definition) is 1. The van der Waals surface area contributed by atoms with Gasteiger partial charge < -0.3 is 9.84 Å². The Morgan fingerprint density at radius 1 is 1.40 bits per heavy atom. The molecule has 8 nitrogen and oxygen atoms in total. The third-order valence-corrected chi connectivity index (χ3v) is 4.44. The molecule has 1 aromatic heterocycles. The summed E-state index contributed by atoms with van der Waals surface area (Å²) in [5.41, 5.74) is -1.55. The fourth-order valence-corrected chi connectivity index (χ4v) is 3.24. The average Bonchev–Trinajstić information content (AvgIpc) is 3.08. The number of morpholine rings is 1. The molecule has 1 aromatic rings. The SMILES string of the molecule is O=C(O)C1C(n2cncn2)=CC(C(F)(F)F)=NC1(Cl)N1CCOCC1. The molecule has 3 heterocycles. The van der Waals surface area contributed by atoms with Gasteiger partial charge in [0.1, 0.15) is 18.4 Å². The highest BCUT2D eigenvalue weighted by Gasteiger charge is 2.54. The maximum atomic E-state index is 13.3. The second-order valence-electron chi connectivity index (χ2n) is 5.41. The van der Waals surface area contributed by atoms with E-state index in [0.29, 0.717) is 6.08 Å².